The van der Waals surface area contributed by atoms with Crippen molar-refractivity contribution in [3.63, 3.8) is 0 Å². The maximum absolute atomic E-state index is 12.7. The van der Waals surface area contributed by atoms with Crippen LogP contribution in [0.2, 0.25) is 0 Å². The van der Waals surface area contributed by atoms with Crippen LogP contribution in [0.5, 0.6) is 0 Å². The summed E-state index contributed by atoms with van der Waals surface area (Å²) in [5.74, 6) is 0.0482. The fourth-order valence-corrected chi connectivity index (χ4v) is 3.16. The average Bonchev–Trinajstić information content (AvgIpc) is 3.34. The number of hydrogen-bond acceptors (Lipinski definition) is 4. The topological polar surface area (TPSA) is 55.8 Å². The number of benzene rings is 1. The van der Waals surface area contributed by atoms with Crippen LogP contribution in [0.15, 0.2) is 30.3 Å². The first-order chi connectivity index (χ1) is 10.6. The van der Waals surface area contributed by atoms with Crippen LogP contribution >= 0.6 is 0 Å². The predicted octanol–water partition coefficient (Wildman–Crippen LogP) is 1.58. The zero-order valence-electron chi connectivity index (χ0n) is 12.9. The van der Waals surface area contributed by atoms with Gasteiger partial charge in [-0.2, -0.15) is 0 Å². The normalized spacial score (nSPS) is 30.7. The molecule has 0 radical (unpaired) electrons. The molecule has 0 N–H and O–H groups in total. The van der Waals surface area contributed by atoms with Crippen LogP contribution in [-0.2, 0) is 19.1 Å². The Bertz CT molecular complexity index is 559. The average molecular weight is 303 g/mol. The SMILES string of the molecule is COC(=O)[C@H]1CN(C(=O)[C@H]2C[C@@H]2c2ccccc2)C[C@@H](C)O1. The van der Waals surface area contributed by atoms with Crippen LogP contribution in [0.1, 0.15) is 24.8 Å². The van der Waals surface area contributed by atoms with Crippen molar-refractivity contribution < 1.29 is 19.1 Å². The summed E-state index contributed by atoms with van der Waals surface area (Å²) in [6.07, 6.45) is 0.0552. The van der Waals surface area contributed by atoms with E-state index in [0.29, 0.717) is 12.5 Å². The van der Waals surface area contributed by atoms with Crippen molar-refractivity contribution in [3.8, 4) is 0 Å². The van der Waals surface area contributed by atoms with E-state index < -0.39 is 12.1 Å². The summed E-state index contributed by atoms with van der Waals surface area (Å²) in [6, 6.07) is 10.1. The van der Waals surface area contributed by atoms with Crippen molar-refractivity contribution in [1.82, 2.24) is 4.90 Å². The van der Waals surface area contributed by atoms with Gasteiger partial charge in [0.15, 0.2) is 6.10 Å². The van der Waals surface area contributed by atoms with Gasteiger partial charge in [-0.15, -0.1) is 0 Å². The summed E-state index contributed by atoms with van der Waals surface area (Å²) in [7, 11) is 1.34. The molecule has 1 aromatic rings. The Morgan fingerprint density at radius 2 is 1.95 bits per heavy atom. The minimum atomic E-state index is -0.674. The second-order valence-electron chi connectivity index (χ2n) is 6.06. The van der Waals surface area contributed by atoms with Gasteiger partial charge >= 0.3 is 5.97 Å². The van der Waals surface area contributed by atoms with E-state index in [9.17, 15) is 9.59 Å². The summed E-state index contributed by atoms with van der Waals surface area (Å²) < 4.78 is 10.3. The molecule has 0 spiro atoms. The molecule has 0 unspecified atom stereocenters. The smallest absolute Gasteiger partial charge is 0.336 e. The molecule has 2 fully saturated rings. The van der Waals surface area contributed by atoms with Crippen LogP contribution < -0.4 is 0 Å². The fraction of sp³-hybridized carbons (Fsp3) is 0.529. The van der Waals surface area contributed by atoms with Crippen LogP contribution in [0.3, 0.4) is 0 Å². The number of morpholine rings is 1. The third-order valence-corrected chi connectivity index (χ3v) is 4.37. The van der Waals surface area contributed by atoms with Crippen molar-refractivity contribution in [3.05, 3.63) is 35.9 Å². The Balaban J connectivity index is 1.64. The number of esters is 1. The van der Waals surface area contributed by atoms with Gasteiger partial charge in [0.05, 0.1) is 19.8 Å². The van der Waals surface area contributed by atoms with E-state index in [1.165, 1.54) is 12.7 Å². The number of methoxy groups -OCH3 is 1. The molecule has 22 heavy (non-hydrogen) atoms. The molecular formula is C17H21NO4. The standard InChI is InChI=1S/C17H21NO4/c1-11-9-18(10-15(22-11)17(20)21-2)16(19)14-8-13(14)12-6-4-3-5-7-12/h3-7,11,13-15H,8-10H2,1-2H3/t11-,13-,14+,15-/m1/s1. The van der Waals surface area contributed by atoms with Gasteiger partial charge < -0.3 is 14.4 Å². The molecule has 1 aliphatic heterocycles. The van der Waals surface area contributed by atoms with E-state index in [1.807, 2.05) is 25.1 Å². The third-order valence-electron chi connectivity index (χ3n) is 4.37. The molecule has 118 valence electrons. The first-order valence-corrected chi connectivity index (χ1v) is 7.67. The maximum Gasteiger partial charge on any atom is 0.336 e. The van der Waals surface area contributed by atoms with Gasteiger partial charge in [-0.1, -0.05) is 30.3 Å². The predicted molar refractivity (Wildman–Crippen MR) is 80.2 cm³/mol. The van der Waals surface area contributed by atoms with E-state index in [-0.39, 0.29) is 24.5 Å². The van der Waals surface area contributed by atoms with Crippen LogP contribution in [0, 0.1) is 5.92 Å². The lowest BCUT2D eigenvalue weighted by Crippen LogP contribution is -2.52. The second-order valence-corrected chi connectivity index (χ2v) is 6.06. The molecule has 5 nitrogen and oxygen atoms in total. The maximum atomic E-state index is 12.7. The first-order valence-electron chi connectivity index (χ1n) is 7.67. The van der Waals surface area contributed by atoms with Gasteiger partial charge in [0.1, 0.15) is 0 Å². The van der Waals surface area contributed by atoms with E-state index >= 15 is 0 Å². The molecule has 2 aliphatic rings. The number of carbonyl (C=O) groups excluding carboxylic acids is 2. The highest BCUT2D eigenvalue weighted by Crippen LogP contribution is 2.48. The third kappa shape index (κ3) is 2.99. The highest BCUT2D eigenvalue weighted by molar-refractivity contribution is 5.84. The van der Waals surface area contributed by atoms with Crippen molar-refractivity contribution >= 4 is 11.9 Å². The molecule has 1 heterocycles. The van der Waals surface area contributed by atoms with Crippen LogP contribution in [0.25, 0.3) is 0 Å². The zero-order chi connectivity index (χ0) is 15.7. The lowest BCUT2D eigenvalue weighted by atomic mass is 10.1. The van der Waals surface area contributed by atoms with Gasteiger partial charge in [-0.05, 0) is 24.8 Å². The highest BCUT2D eigenvalue weighted by atomic mass is 16.6. The molecule has 0 aromatic heterocycles. The summed E-state index contributed by atoms with van der Waals surface area (Å²) in [5.41, 5.74) is 1.21. The second kappa shape index (κ2) is 6.08. The van der Waals surface area contributed by atoms with Crippen molar-refractivity contribution in [2.24, 2.45) is 5.92 Å². The summed E-state index contributed by atoms with van der Waals surface area (Å²) in [6.45, 7) is 2.69. The Hall–Kier alpha value is -1.88. The Labute approximate surface area is 130 Å². The minimum Gasteiger partial charge on any atom is -0.467 e. The molecule has 1 aliphatic carbocycles. The molecule has 4 atom stereocenters. The van der Waals surface area contributed by atoms with Gasteiger partial charge in [-0.25, -0.2) is 4.79 Å². The fourth-order valence-electron chi connectivity index (χ4n) is 3.16. The van der Waals surface area contributed by atoms with E-state index in [4.69, 9.17) is 9.47 Å². The number of ether oxygens (including phenoxy) is 2. The Kier molecular flexibility index (Phi) is 4.16. The summed E-state index contributed by atoms with van der Waals surface area (Å²) in [5, 5.41) is 0. The monoisotopic (exact) mass is 303 g/mol. The molecule has 1 amide bonds. The molecular weight excluding hydrogens is 282 g/mol. The lowest BCUT2D eigenvalue weighted by Gasteiger charge is -2.35. The number of amides is 1. The molecule has 1 saturated carbocycles. The molecule has 1 saturated heterocycles. The molecule has 3 rings (SSSR count). The van der Waals surface area contributed by atoms with Crippen LogP contribution in [0.4, 0.5) is 0 Å². The van der Waals surface area contributed by atoms with E-state index in [0.717, 1.165) is 6.42 Å². The van der Waals surface area contributed by atoms with Crippen LogP contribution in [-0.4, -0.2) is 49.2 Å². The summed E-state index contributed by atoms with van der Waals surface area (Å²) in [4.78, 5) is 26.1. The number of rotatable bonds is 3. The van der Waals surface area contributed by atoms with Crippen molar-refractivity contribution in [2.45, 2.75) is 31.5 Å². The van der Waals surface area contributed by atoms with E-state index in [1.54, 1.807) is 4.90 Å². The van der Waals surface area contributed by atoms with Crippen molar-refractivity contribution in [2.75, 3.05) is 20.2 Å². The number of nitrogens with zero attached hydrogens (tertiary/aromatic N) is 1. The first kappa shape index (κ1) is 15.0. The van der Waals surface area contributed by atoms with Gasteiger partial charge in [0, 0.05) is 12.5 Å². The van der Waals surface area contributed by atoms with E-state index in [2.05, 4.69) is 12.1 Å². The molecule has 1 aromatic carbocycles. The quantitative estimate of drug-likeness (QED) is 0.796. The number of carbonyl (C=O) groups is 2. The summed E-state index contributed by atoms with van der Waals surface area (Å²) >= 11 is 0. The largest absolute Gasteiger partial charge is 0.467 e. The van der Waals surface area contributed by atoms with Gasteiger partial charge in [-0.3, -0.25) is 4.79 Å². The molecule has 5 heteroatoms. The Morgan fingerprint density at radius 1 is 1.23 bits per heavy atom. The Morgan fingerprint density at radius 3 is 2.64 bits per heavy atom. The number of hydrogen-bond donors (Lipinski definition) is 0. The van der Waals surface area contributed by atoms with Crippen molar-refractivity contribution in [1.29, 1.82) is 0 Å². The minimum absolute atomic E-state index is 0.0333. The zero-order valence-corrected chi connectivity index (χ0v) is 12.9. The van der Waals surface area contributed by atoms with Gasteiger partial charge in [0.25, 0.3) is 0 Å². The highest BCUT2D eigenvalue weighted by Gasteiger charge is 2.47. The van der Waals surface area contributed by atoms with Gasteiger partial charge in [0.2, 0.25) is 5.91 Å². The molecule has 0 bridgehead atoms. The lowest BCUT2D eigenvalue weighted by molar-refractivity contribution is -0.169.